The smallest absolute Gasteiger partial charge is 0.0687 e. The second-order valence-electron chi connectivity index (χ2n) is 4.41. The van der Waals surface area contributed by atoms with Crippen molar-refractivity contribution in [1.82, 2.24) is 5.32 Å². The lowest BCUT2D eigenvalue weighted by Crippen LogP contribution is -2.31. The molecule has 0 heterocycles. The average Bonchev–Trinajstić information content (AvgIpc) is 2.29. The molecule has 1 aromatic carbocycles. The van der Waals surface area contributed by atoms with E-state index in [4.69, 9.17) is 0 Å². The predicted octanol–water partition coefficient (Wildman–Crippen LogP) is 2.31. The Morgan fingerprint density at radius 3 is 2.50 bits per heavy atom. The highest BCUT2D eigenvalue weighted by Crippen LogP contribution is 2.10. The van der Waals surface area contributed by atoms with Crippen LogP contribution in [0.4, 0.5) is 0 Å². The Labute approximate surface area is 98.0 Å². The van der Waals surface area contributed by atoms with Crippen molar-refractivity contribution >= 4 is 5.57 Å². The maximum Gasteiger partial charge on any atom is 0.0687 e. The molecule has 0 fully saturated rings. The van der Waals surface area contributed by atoms with Gasteiger partial charge in [0.2, 0.25) is 0 Å². The molecule has 1 unspecified atom stereocenters. The third-order valence-corrected chi connectivity index (χ3v) is 2.64. The summed E-state index contributed by atoms with van der Waals surface area (Å²) in [6.07, 6.45) is -0.288. The molecule has 0 saturated heterocycles. The third kappa shape index (κ3) is 4.17. The molecule has 0 aliphatic carbocycles. The van der Waals surface area contributed by atoms with Gasteiger partial charge in [0, 0.05) is 13.1 Å². The summed E-state index contributed by atoms with van der Waals surface area (Å²) in [5.74, 6) is 0.289. The van der Waals surface area contributed by atoms with Crippen LogP contribution in [0.25, 0.3) is 5.57 Å². The van der Waals surface area contributed by atoms with E-state index in [0.29, 0.717) is 13.1 Å². The van der Waals surface area contributed by atoms with Crippen molar-refractivity contribution in [3.63, 3.8) is 0 Å². The fourth-order valence-electron chi connectivity index (χ4n) is 1.38. The Kier molecular flexibility index (Phi) is 5.23. The number of rotatable bonds is 6. The minimum absolute atomic E-state index is 0.288. The van der Waals surface area contributed by atoms with Gasteiger partial charge in [-0.1, -0.05) is 50.8 Å². The molecule has 2 heteroatoms. The first-order valence-corrected chi connectivity index (χ1v) is 5.73. The normalized spacial score (nSPS) is 12.8. The maximum absolute atomic E-state index is 9.62. The monoisotopic (exact) mass is 219 g/mol. The number of aliphatic hydroxyl groups is 1. The van der Waals surface area contributed by atoms with Crippen molar-refractivity contribution in [2.24, 2.45) is 5.92 Å². The van der Waals surface area contributed by atoms with Crippen LogP contribution in [-0.2, 0) is 0 Å². The summed E-state index contributed by atoms with van der Waals surface area (Å²) in [5.41, 5.74) is 2.20. The molecule has 0 aliphatic rings. The van der Waals surface area contributed by atoms with E-state index in [9.17, 15) is 5.11 Å². The predicted molar refractivity (Wildman–Crippen MR) is 69.2 cm³/mol. The zero-order chi connectivity index (χ0) is 12.0. The van der Waals surface area contributed by atoms with E-state index in [2.05, 4.69) is 11.9 Å². The van der Waals surface area contributed by atoms with Gasteiger partial charge in [0.1, 0.15) is 0 Å². The molecule has 0 aromatic heterocycles. The highest BCUT2D eigenvalue weighted by Gasteiger charge is 2.08. The van der Waals surface area contributed by atoms with E-state index in [0.717, 1.165) is 11.1 Å². The summed E-state index contributed by atoms with van der Waals surface area (Å²) in [6.45, 7) is 9.38. The van der Waals surface area contributed by atoms with Crippen LogP contribution in [0, 0.1) is 5.92 Å². The van der Waals surface area contributed by atoms with Crippen molar-refractivity contribution in [2.75, 3.05) is 13.1 Å². The quantitative estimate of drug-likeness (QED) is 0.769. The van der Waals surface area contributed by atoms with Crippen LogP contribution in [-0.4, -0.2) is 24.3 Å². The van der Waals surface area contributed by atoms with Gasteiger partial charge in [-0.15, -0.1) is 0 Å². The molecule has 0 aliphatic heterocycles. The third-order valence-electron chi connectivity index (χ3n) is 2.64. The highest BCUT2D eigenvalue weighted by molar-refractivity contribution is 5.64. The molecule has 88 valence electrons. The zero-order valence-corrected chi connectivity index (χ0v) is 10.1. The van der Waals surface area contributed by atoms with Crippen LogP contribution in [0.5, 0.6) is 0 Å². The molecule has 0 spiro atoms. The summed E-state index contributed by atoms with van der Waals surface area (Å²) < 4.78 is 0. The van der Waals surface area contributed by atoms with Crippen LogP contribution >= 0.6 is 0 Å². The Bertz CT molecular complexity index is 319. The minimum atomic E-state index is -0.288. The van der Waals surface area contributed by atoms with Crippen molar-refractivity contribution in [3.8, 4) is 0 Å². The Morgan fingerprint density at radius 1 is 1.31 bits per heavy atom. The van der Waals surface area contributed by atoms with E-state index < -0.39 is 0 Å². The van der Waals surface area contributed by atoms with Crippen molar-refractivity contribution in [1.29, 1.82) is 0 Å². The Hall–Kier alpha value is -1.12. The second-order valence-corrected chi connectivity index (χ2v) is 4.41. The van der Waals surface area contributed by atoms with Crippen molar-refractivity contribution in [2.45, 2.75) is 20.0 Å². The van der Waals surface area contributed by atoms with E-state index >= 15 is 0 Å². The topological polar surface area (TPSA) is 32.3 Å². The van der Waals surface area contributed by atoms with Crippen LogP contribution in [0.2, 0.25) is 0 Å². The van der Waals surface area contributed by atoms with Crippen molar-refractivity contribution < 1.29 is 5.11 Å². The lowest BCUT2D eigenvalue weighted by Gasteiger charge is -2.15. The van der Waals surface area contributed by atoms with Crippen LogP contribution in [0.1, 0.15) is 19.4 Å². The van der Waals surface area contributed by atoms with Gasteiger partial charge in [-0.05, 0) is 17.1 Å². The van der Waals surface area contributed by atoms with Gasteiger partial charge in [-0.2, -0.15) is 0 Å². The van der Waals surface area contributed by atoms with Gasteiger partial charge in [-0.3, -0.25) is 0 Å². The highest BCUT2D eigenvalue weighted by atomic mass is 16.3. The van der Waals surface area contributed by atoms with E-state index in [-0.39, 0.29) is 12.0 Å². The van der Waals surface area contributed by atoms with Crippen LogP contribution in [0.15, 0.2) is 36.9 Å². The lowest BCUT2D eigenvalue weighted by molar-refractivity contribution is 0.125. The molecule has 0 bridgehead atoms. The van der Waals surface area contributed by atoms with Gasteiger partial charge in [0.25, 0.3) is 0 Å². The molecule has 1 atom stereocenters. The standard InChI is InChI=1S/C14H21NO/c1-11(2)14(16)10-15-9-12(3)13-7-5-4-6-8-13/h4-8,11,14-16H,3,9-10H2,1-2H3. The molecule has 0 saturated carbocycles. The first-order valence-electron chi connectivity index (χ1n) is 5.73. The largest absolute Gasteiger partial charge is 0.392 e. The fraction of sp³-hybridized carbons (Fsp3) is 0.429. The molecule has 0 amide bonds. The number of hydrogen-bond donors (Lipinski definition) is 2. The Morgan fingerprint density at radius 2 is 1.94 bits per heavy atom. The van der Waals surface area contributed by atoms with Gasteiger partial charge >= 0.3 is 0 Å². The Balaban J connectivity index is 2.31. The minimum Gasteiger partial charge on any atom is -0.392 e. The van der Waals surface area contributed by atoms with E-state index in [1.54, 1.807) is 0 Å². The van der Waals surface area contributed by atoms with Gasteiger partial charge in [0.05, 0.1) is 6.10 Å². The first kappa shape index (κ1) is 12.9. The van der Waals surface area contributed by atoms with Crippen LogP contribution < -0.4 is 5.32 Å². The molecular weight excluding hydrogens is 198 g/mol. The van der Waals surface area contributed by atoms with E-state index in [1.807, 2.05) is 44.2 Å². The first-order chi connectivity index (χ1) is 7.61. The second kappa shape index (κ2) is 6.46. The van der Waals surface area contributed by atoms with Gasteiger partial charge in [-0.25, -0.2) is 0 Å². The molecule has 1 rings (SSSR count). The lowest BCUT2D eigenvalue weighted by atomic mass is 10.1. The molecule has 16 heavy (non-hydrogen) atoms. The maximum atomic E-state index is 9.62. The van der Waals surface area contributed by atoms with E-state index in [1.165, 1.54) is 0 Å². The molecule has 1 aromatic rings. The van der Waals surface area contributed by atoms with Gasteiger partial charge < -0.3 is 10.4 Å². The molecule has 2 nitrogen and oxygen atoms in total. The summed E-state index contributed by atoms with van der Waals surface area (Å²) in [4.78, 5) is 0. The fourth-order valence-corrected chi connectivity index (χ4v) is 1.38. The van der Waals surface area contributed by atoms with Gasteiger partial charge in [0.15, 0.2) is 0 Å². The summed E-state index contributed by atoms with van der Waals surface area (Å²) >= 11 is 0. The summed E-state index contributed by atoms with van der Waals surface area (Å²) in [5, 5.41) is 12.8. The molecule has 0 radical (unpaired) electrons. The number of aliphatic hydroxyl groups excluding tert-OH is 1. The average molecular weight is 219 g/mol. The molecule has 2 N–H and O–H groups in total. The summed E-state index contributed by atoms with van der Waals surface area (Å²) in [6, 6.07) is 10.1. The number of hydrogen-bond acceptors (Lipinski definition) is 2. The van der Waals surface area contributed by atoms with Crippen LogP contribution in [0.3, 0.4) is 0 Å². The molecular formula is C14H21NO. The van der Waals surface area contributed by atoms with Crippen molar-refractivity contribution in [3.05, 3.63) is 42.5 Å². The zero-order valence-electron chi connectivity index (χ0n) is 10.1. The SMILES string of the molecule is C=C(CNCC(O)C(C)C)c1ccccc1. The number of benzene rings is 1. The summed E-state index contributed by atoms with van der Waals surface area (Å²) in [7, 11) is 0. The number of nitrogens with one attached hydrogen (secondary N) is 1.